The third-order valence-electron chi connectivity index (χ3n) is 4.83. The van der Waals surface area contributed by atoms with E-state index in [9.17, 15) is 4.79 Å². The Labute approximate surface area is 168 Å². The summed E-state index contributed by atoms with van der Waals surface area (Å²) in [6.07, 6.45) is 1.31. The monoisotopic (exact) mass is 393 g/mol. The average molecular weight is 394 g/mol. The quantitative estimate of drug-likeness (QED) is 0.675. The number of benzene rings is 2. The van der Waals surface area contributed by atoms with Crippen LogP contribution in [0, 0.1) is 6.92 Å². The predicted molar refractivity (Wildman–Crippen MR) is 110 cm³/mol. The van der Waals surface area contributed by atoms with E-state index < -0.39 is 6.17 Å². The highest BCUT2D eigenvalue weighted by Crippen LogP contribution is 2.36. The van der Waals surface area contributed by atoms with E-state index in [0.717, 1.165) is 22.6 Å². The number of hydrogen-bond donors (Lipinski definition) is 1. The lowest BCUT2D eigenvalue weighted by Gasteiger charge is -2.27. The van der Waals surface area contributed by atoms with E-state index in [4.69, 9.17) is 16.3 Å². The molecule has 1 amide bonds. The number of aryl methyl sites for hydroxylation is 1. The molecule has 0 saturated carbocycles. The molecule has 0 bridgehead atoms. The van der Waals surface area contributed by atoms with Crippen LogP contribution >= 0.6 is 11.6 Å². The Kier molecular flexibility index (Phi) is 4.92. The van der Waals surface area contributed by atoms with Gasteiger partial charge in [0.05, 0.1) is 29.1 Å². The fraction of sp³-hybridized carbons (Fsp3) is 0.182. The number of carbonyl (C=O) groups excluding carboxylic acids is 1. The number of hydrogen-bond acceptors (Lipinski definition) is 4. The van der Waals surface area contributed by atoms with Crippen molar-refractivity contribution in [2.24, 2.45) is 0 Å². The maximum absolute atomic E-state index is 13.1. The molecule has 0 fully saturated rings. The van der Waals surface area contributed by atoms with Crippen molar-refractivity contribution in [1.82, 2.24) is 9.88 Å². The molecule has 28 heavy (non-hydrogen) atoms. The second-order valence-corrected chi connectivity index (χ2v) is 7.15. The molecule has 0 aliphatic carbocycles. The number of aromatic nitrogens is 1. The summed E-state index contributed by atoms with van der Waals surface area (Å²) in [4.78, 5) is 19.3. The van der Waals surface area contributed by atoms with Crippen LogP contribution in [0.4, 0.5) is 5.69 Å². The Bertz CT molecular complexity index is 1020. The largest absolute Gasteiger partial charge is 0.497 e. The molecule has 0 radical (unpaired) electrons. The van der Waals surface area contributed by atoms with E-state index in [1.165, 1.54) is 0 Å². The zero-order valence-corrected chi connectivity index (χ0v) is 16.4. The lowest BCUT2D eigenvalue weighted by Crippen LogP contribution is -2.32. The van der Waals surface area contributed by atoms with Gasteiger partial charge in [-0.25, -0.2) is 0 Å². The van der Waals surface area contributed by atoms with Crippen molar-refractivity contribution in [3.63, 3.8) is 0 Å². The Morgan fingerprint density at radius 1 is 1.18 bits per heavy atom. The first-order valence-corrected chi connectivity index (χ1v) is 9.36. The number of carbonyl (C=O) groups is 1. The number of halogens is 1. The van der Waals surface area contributed by atoms with Crippen LogP contribution in [0.5, 0.6) is 5.75 Å². The normalized spacial score (nSPS) is 15.5. The molecule has 1 aliphatic rings. The molecular weight excluding hydrogens is 374 g/mol. The van der Waals surface area contributed by atoms with E-state index >= 15 is 0 Å². The topological polar surface area (TPSA) is 54.5 Å². The van der Waals surface area contributed by atoms with Gasteiger partial charge in [0.1, 0.15) is 11.9 Å². The van der Waals surface area contributed by atoms with Crippen molar-refractivity contribution in [2.75, 3.05) is 12.4 Å². The van der Waals surface area contributed by atoms with Crippen molar-refractivity contribution in [2.45, 2.75) is 19.6 Å². The third-order valence-corrected chi connectivity index (χ3v) is 5.14. The van der Waals surface area contributed by atoms with E-state index in [0.29, 0.717) is 22.8 Å². The lowest BCUT2D eigenvalue weighted by atomic mass is 10.2. The zero-order chi connectivity index (χ0) is 19.7. The highest BCUT2D eigenvalue weighted by Gasteiger charge is 2.38. The van der Waals surface area contributed by atoms with Crippen molar-refractivity contribution >= 4 is 23.2 Å². The minimum atomic E-state index is -0.397. The van der Waals surface area contributed by atoms with Crippen molar-refractivity contribution < 1.29 is 9.53 Å². The van der Waals surface area contributed by atoms with Crippen LogP contribution in [0.3, 0.4) is 0 Å². The third kappa shape index (κ3) is 3.41. The second-order valence-electron chi connectivity index (χ2n) is 6.75. The maximum atomic E-state index is 13.1. The molecule has 3 aromatic rings. The van der Waals surface area contributed by atoms with Crippen LogP contribution < -0.4 is 10.1 Å². The maximum Gasteiger partial charge on any atom is 0.258 e. The van der Waals surface area contributed by atoms with Crippen LogP contribution in [0.15, 0.2) is 60.8 Å². The first-order valence-electron chi connectivity index (χ1n) is 8.98. The Hall–Kier alpha value is -3.05. The van der Waals surface area contributed by atoms with Gasteiger partial charge in [0, 0.05) is 12.7 Å². The van der Waals surface area contributed by atoms with Crippen LogP contribution in [-0.2, 0) is 6.54 Å². The standard InChI is InChI=1S/C22H20ClN3O2/c1-14-5-10-19(18(23)12-14)25-21-20-17(4-3-11-24-20)22(27)26(21)13-15-6-8-16(28-2)9-7-15/h3-12,21,25H,13H2,1-2H3. The van der Waals surface area contributed by atoms with Gasteiger partial charge >= 0.3 is 0 Å². The SMILES string of the molecule is COc1ccc(CN2C(=O)c3cccnc3C2Nc2ccc(C)cc2Cl)cc1. The number of rotatable bonds is 5. The zero-order valence-electron chi connectivity index (χ0n) is 15.6. The predicted octanol–water partition coefficient (Wildman–Crippen LogP) is 4.82. The summed E-state index contributed by atoms with van der Waals surface area (Å²) in [5.74, 6) is 0.724. The molecule has 2 heterocycles. The number of fused-ring (bicyclic) bond motifs is 1. The van der Waals surface area contributed by atoms with Gasteiger partial charge in [-0.2, -0.15) is 0 Å². The van der Waals surface area contributed by atoms with Gasteiger partial charge in [-0.15, -0.1) is 0 Å². The number of nitrogens with zero attached hydrogens (tertiary/aromatic N) is 2. The first-order chi connectivity index (χ1) is 13.6. The summed E-state index contributed by atoms with van der Waals surface area (Å²) in [5, 5.41) is 4.01. The highest BCUT2D eigenvalue weighted by molar-refractivity contribution is 6.33. The molecule has 4 rings (SSSR count). The number of nitrogens with one attached hydrogen (secondary N) is 1. The van der Waals surface area contributed by atoms with Gasteiger partial charge in [0.25, 0.3) is 5.91 Å². The summed E-state index contributed by atoms with van der Waals surface area (Å²) in [6, 6.07) is 17.1. The molecule has 1 aromatic heterocycles. The van der Waals surface area contributed by atoms with E-state index in [1.54, 1.807) is 24.3 Å². The van der Waals surface area contributed by atoms with Crippen LogP contribution in [0.2, 0.25) is 5.02 Å². The van der Waals surface area contributed by atoms with Crippen LogP contribution in [0.1, 0.15) is 33.3 Å². The minimum Gasteiger partial charge on any atom is -0.497 e. The molecule has 0 spiro atoms. The first kappa shape index (κ1) is 18.3. The fourth-order valence-electron chi connectivity index (χ4n) is 3.36. The molecular formula is C22H20ClN3O2. The van der Waals surface area contributed by atoms with E-state index in [2.05, 4.69) is 10.3 Å². The molecule has 6 heteroatoms. The smallest absolute Gasteiger partial charge is 0.258 e. The molecule has 0 saturated heterocycles. The van der Waals surface area contributed by atoms with E-state index in [1.807, 2.05) is 55.5 Å². The van der Waals surface area contributed by atoms with Gasteiger partial charge in [-0.3, -0.25) is 9.78 Å². The molecule has 5 nitrogen and oxygen atoms in total. The number of anilines is 1. The molecule has 1 N–H and O–H groups in total. The number of methoxy groups -OCH3 is 1. The average Bonchev–Trinajstić information content (AvgIpc) is 2.96. The number of ether oxygens (including phenoxy) is 1. The van der Waals surface area contributed by atoms with Crippen LogP contribution in [0.25, 0.3) is 0 Å². The molecule has 1 unspecified atom stereocenters. The number of pyridine rings is 1. The Morgan fingerprint density at radius 3 is 2.68 bits per heavy atom. The van der Waals surface area contributed by atoms with Crippen molar-refractivity contribution in [1.29, 1.82) is 0 Å². The van der Waals surface area contributed by atoms with Gasteiger partial charge in [0.2, 0.25) is 0 Å². The van der Waals surface area contributed by atoms with Crippen molar-refractivity contribution in [3.8, 4) is 5.75 Å². The fourth-order valence-corrected chi connectivity index (χ4v) is 3.65. The molecule has 1 aliphatic heterocycles. The second kappa shape index (κ2) is 7.52. The van der Waals surface area contributed by atoms with Crippen LogP contribution in [-0.4, -0.2) is 22.9 Å². The Morgan fingerprint density at radius 2 is 1.96 bits per heavy atom. The van der Waals surface area contributed by atoms with Gasteiger partial charge < -0.3 is 15.0 Å². The summed E-state index contributed by atoms with van der Waals surface area (Å²) in [7, 11) is 1.63. The Balaban J connectivity index is 1.67. The van der Waals surface area contributed by atoms with Crippen molar-refractivity contribution in [3.05, 3.63) is 88.2 Å². The van der Waals surface area contributed by atoms with Gasteiger partial charge in [-0.1, -0.05) is 29.8 Å². The van der Waals surface area contributed by atoms with Gasteiger partial charge in [-0.05, 0) is 54.4 Å². The molecule has 142 valence electrons. The molecule has 1 atom stereocenters. The van der Waals surface area contributed by atoms with Gasteiger partial charge in [0.15, 0.2) is 0 Å². The molecule has 2 aromatic carbocycles. The highest BCUT2D eigenvalue weighted by atomic mass is 35.5. The summed E-state index contributed by atoms with van der Waals surface area (Å²) in [5.41, 5.74) is 4.16. The summed E-state index contributed by atoms with van der Waals surface area (Å²) in [6.45, 7) is 2.43. The number of amides is 1. The summed E-state index contributed by atoms with van der Waals surface area (Å²) < 4.78 is 5.22. The summed E-state index contributed by atoms with van der Waals surface area (Å²) >= 11 is 6.41. The lowest BCUT2D eigenvalue weighted by molar-refractivity contribution is 0.0728. The minimum absolute atomic E-state index is 0.0559. The van der Waals surface area contributed by atoms with E-state index in [-0.39, 0.29) is 5.91 Å².